The van der Waals surface area contributed by atoms with Gasteiger partial charge in [0.2, 0.25) is 5.91 Å². The van der Waals surface area contributed by atoms with Gasteiger partial charge in [-0.05, 0) is 26.7 Å². The highest BCUT2D eigenvalue weighted by Gasteiger charge is 2.08. The fourth-order valence-corrected chi connectivity index (χ4v) is 1.31. The van der Waals surface area contributed by atoms with Crippen LogP contribution in [0.5, 0.6) is 0 Å². The second-order valence-electron chi connectivity index (χ2n) is 4.47. The molecule has 0 aliphatic rings. The van der Waals surface area contributed by atoms with Crippen molar-refractivity contribution in [2.45, 2.75) is 45.6 Å². The van der Waals surface area contributed by atoms with Crippen molar-refractivity contribution < 1.29 is 23.9 Å². The van der Waals surface area contributed by atoms with Crippen molar-refractivity contribution in [3.8, 4) is 0 Å². The second kappa shape index (κ2) is 11.0. The molecule has 20 heavy (non-hydrogen) atoms. The molecule has 0 saturated heterocycles. The van der Waals surface area contributed by atoms with Crippen LogP contribution in [0.25, 0.3) is 0 Å². The van der Waals surface area contributed by atoms with E-state index in [1.165, 1.54) is 0 Å². The lowest BCUT2D eigenvalue weighted by atomic mass is 10.2. The first-order chi connectivity index (χ1) is 9.45. The van der Waals surface area contributed by atoms with Crippen LogP contribution in [-0.2, 0) is 23.9 Å². The quantitative estimate of drug-likeness (QED) is 0.372. The number of unbranched alkanes of at least 4 members (excludes halogenated alkanes) is 1. The molecule has 0 rings (SSSR count). The third kappa shape index (κ3) is 11.3. The third-order valence-corrected chi connectivity index (χ3v) is 2.23. The Balaban J connectivity index is 3.47. The minimum absolute atomic E-state index is 0.0843. The highest BCUT2D eigenvalue weighted by Crippen LogP contribution is 1.97. The number of carbonyl (C=O) groups is 3. The number of hydrogen-bond donors (Lipinski definition) is 1. The van der Waals surface area contributed by atoms with Gasteiger partial charge in [-0.25, -0.2) is 4.79 Å². The lowest BCUT2D eigenvalue weighted by molar-refractivity contribution is -0.148. The molecular formula is C14H23NO5. The van der Waals surface area contributed by atoms with E-state index in [4.69, 9.17) is 9.47 Å². The van der Waals surface area contributed by atoms with Gasteiger partial charge in [-0.3, -0.25) is 9.59 Å². The maximum Gasteiger partial charge on any atom is 0.330 e. The Kier molecular flexibility index (Phi) is 10.00. The molecule has 0 aliphatic carbocycles. The zero-order valence-electron chi connectivity index (χ0n) is 12.1. The molecule has 1 N–H and O–H groups in total. The zero-order chi connectivity index (χ0) is 15.4. The fourth-order valence-electron chi connectivity index (χ4n) is 1.31. The van der Waals surface area contributed by atoms with E-state index in [0.717, 1.165) is 6.08 Å². The van der Waals surface area contributed by atoms with Gasteiger partial charge in [0, 0.05) is 19.0 Å². The van der Waals surface area contributed by atoms with E-state index in [-0.39, 0.29) is 30.8 Å². The van der Waals surface area contributed by atoms with Crippen molar-refractivity contribution in [3.05, 3.63) is 12.7 Å². The molecule has 0 radical (unpaired) electrons. The van der Waals surface area contributed by atoms with E-state index >= 15 is 0 Å². The zero-order valence-corrected chi connectivity index (χ0v) is 12.1. The molecule has 0 saturated carbocycles. The first-order valence-corrected chi connectivity index (χ1v) is 6.71. The van der Waals surface area contributed by atoms with Gasteiger partial charge in [0.1, 0.15) is 0 Å². The molecule has 0 atom stereocenters. The van der Waals surface area contributed by atoms with Crippen molar-refractivity contribution in [2.75, 3.05) is 13.2 Å². The van der Waals surface area contributed by atoms with Gasteiger partial charge in [-0.2, -0.15) is 0 Å². The predicted molar refractivity (Wildman–Crippen MR) is 73.9 cm³/mol. The van der Waals surface area contributed by atoms with E-state index in [1.807, 2.05) is 0 Å². The molecule has 0 unspecified atom stereocenters. The number of hydrogen-bond acceptors (Lipinski definition) is 5. The Morgan fingerprint density at radius 2 is 1.90 bits per heavy atom. The van der Waals surface area contributed by atoms with Gasteiger partial charge in [0.25, 0.3) is 0 Å². The highest BCUT2D eigenvalue weighted by atomic mass is 16.5. The van der Waals surface area contributed by atoms with Crippen LogP contribution in [0.2, 0.25) is 0 Å². The summed E-state index contributed by atoms with van der Waals surface area (Å²) in [6.07, 6.45) is 2.52. The van der Waals surface area contributed by atoms with Crippen molar-refractivity contribution in [1.82, 2.24) is 5.32 Å². The van der Waals surface area contributed by atoms with Crippen LogP contribution in [0.3, 0.4) is 0 Å². The first kappa shape index (κ1) is 18.1. The van der Waals surface area contributed by atoms with E-state index in [2.05, 4.69) is 11.9 Å². The number of carbonyl (C=O) groups excluding carboxylic acids is 3. The minimum Gasteiger partial charge on any atom is -0.463 e. The van der Waals surface area contributed by atoms with Gasteiger partial charge in [0.05, 0.1) is 19.1 Å². The van der Waals surface area contributed by atoms with Crippen LogP contribution >= 0.6 is 0 Å². The molecule has 0 fully saturated rings. The summed E-state index contributed by atoms with van der Waals surface area (Å²) >= 11 is 0. The van der Waals surface area contributed by atoms with Crippen LogP contribution in [0, 0.1) is 0 Å². The molecule has 6 nitrogen and oxygen atoms in total. The van der Waals surface area contributed by atoms with Gasteiger partial charge in [-0.1, -0.05) is 6.58 Å². The Morgan fingerprint density at radius 3 is 2.50 bits per heavy atom. The monoisotopic (exact) mass is 285 g/mol. The average Bonchev–Trinajstić information content (AvgIpc) is 2.39. The molecular weight excluding hydrogens is 262 g/mol. The lowest BCUT2D eigenvalue weighted by Crippen LogP contribution is -2.25. The topological polar surface area (TPSA) is 81.7 Å². The Hall–Kier alpha value is -1.85. The Bertz CT molecular complexity index is 338. The molecule has 0 aromatic rings. The molecule has 6 heteroatoms. The number of amides is 1. The van der Waals surface area contributed by atoms with Crippen LogP contribution in [-0.4, -0.2) is 37.1 Å². The highest BCUT2D eigenvalue weighted by molar-refractivity contribution is 5.81. The summed E-state index contributed by atoms with van der Waals surface area (Å²) in [5.41, 5.74) is 0. The maximum atomic E-state index is 11.4. The largest absolute Gasteiger partial charge is 0.463 e. The van der Waals surface area contributed by atoms with E-state index in [1.54, 1.807) is 13.8 Å². The summed E-state index contributed by atoms with van der Waals surface area (Å²) in [5, 5.41) is 2.69. The summed E-state index contributed by atoms with van der Waals surface area (Å²) in [5.74, 6) is -1.00. The fraction of sp³-hybridized carbons (Fsp3) is 0.643. The predicted octanol–water partition coefficient (Wildman–Crippen LogP) is 1.34. The third-order valence-electron chi connectivity index (χ3n) is 2.23. The Morgan fingerprint density at radius 1 is 1.20 bits per heavy atom. The SMILES string of the molecule is C=CC(=O)OCCCCNC(=O)CCC(=O)OC(C)C. The van der Waals surface area contributed by atoms with Crippen molar-refractivity contribution in [1.29, 1.82) is 0 Å². The average molecular weight is 285 g/mol. The summed E-state index contributed by atoms with van der Waals surface area (Å²) in [4.78, 5) is 33.3. The molecule has 0 aliphatic heterocycles. The van der Waals surface area contributed by atoms with Crippen LogP contribution in [0.4, 0.5) is 0 Å². The van der Waals surface area contributed by atoms with Gasteiger partial charge in [0.15, 0.2) is 0 Å². The first-order valence-electron chi connectivity index (χ1n) is 6.71. The Labute approximate surface area is 119 Å². The molecule has 0 bridgehead atoms. The van der Waals surface area contributed by atoms with Crippen molar-refractivity contribution in [3.63, 3.8) is 0 Å². The van der Waals surface area contributed by atoms with Crippen LogP contribution < -0.4 is 5.32 Å². The molecule has 0 heterocycles. The van der Waals surface area contributed by atoms with Crippen LogP contribution in [0.1, 0.15) is 39.5 Å². The molecule has 0 aromatic carbocycles. The summed E-state index contributed by atoms with van der Waals surface area (Å²) < 4.78 is 9.70. The second-order valence-corrected chi connectivity index (χ2v) is 4.47. The smallest absolute Gasteiger partial charge is 0.330 e. The molecule has 0 spiro atoms. The normalized spacial score (nSPS) is 9.95. The van der Waals surface area contributed by atoms with Gasteiger partial charge in [-0.15, -0.1) is 0 Å². The van der Waals surface area contributed by atoms with E-state index in [0.29, 0.717) is 26.0 Å². The van der Waals surface area contributed by atoms with Gasteiger partial charge < -0.3 is 14.8 Å². The van der Waals surface area contributed by atoms with Crippen molar-refractivity contribution in [2.24, 2.45) is 0 Å². The number of nitrogens with one attached hydrogen (secondary N) is 1. The standard InChI is InChI=1S/C14H23NO5/c1-4-13(17)19-10-6-5-9-15-12(16)7-8-14(18)20-11(2)3/h4,11H,1,5-10H2,2-3H3,(H,15,16). The minimum atomic E-state index is -0.447. The molecule has 114 valence electrons. The number of ether oxygens (including phenoxy) is 2. The number of esters is 2. The van der Waals surface area contributed by atoms with Crippen LogP contribution in [0.15, 0.2) is 12.7 Å². The van der Waals surface area contributed by atoms with E-state index in [9.17, 15) is 14.4 Å². The summed E-state index contributed by atoms with van der Waals surface area (Å²) in [6, 6.07) is 0. The lowest BCUT2D eigenvalue weighted by Gasteiger charge is -2.08. The summed E-state index contributed by atoms with van der Waals surface area (Å²) in [6.45, 7) is 7.60. The van der Waals surface area contributed by atoms with Gasteiger partial charge >= 0.3 is 11.9 Å². The maximum absolute atomic E-state index is 11.4. The van der Waals surface area contributed by atoms with E-state index < -0.39 is 5.97 Å². The number of rotatable bonds is 10. The van der Waals surface area contributed by atoms with Crippen molar-refractivity contribution >= 4 is 17.8 Å². The molecule has 0 aromatic heterocycles. The molecule has 1 amide bonds. The summed E-state index contributed by atoms with van der Waals surface area (Å²) in [7, 11) is 0.